The fraction of sp³-hybridized carbons (Fsp3) is 0.385. The molecule has 0 unspecified atom stereocenters. The molecule has 2 heterocycles. The Labute approximate surface area is 206 Å². The summed E-state index contributed by atoms with van der Waals surface area (Å²) >= 11 is 9.37. The van der Waals surface area contributed by atoms with Crippen LogP contribution in [0.15, 0.2) is 58.4 Å². The van der Waals surface area contributed by atoms with Crippen molar-refractivity contribution in [3.8, 4) is 0 Å². The van der Waals surface area contributed by atoms with E-state index >= 15 is 0 Å². The van der Waals surface area contributed by atoms with Crippen LogP contribution >= 0.6 is 34.7 Å². The summed E-state index contributed by atoms with van der Waals surface area (Å²) in [5, 5.41) is 5.20. The van der Waals surface area contributed by atoms with Gasteiger partial charge in [-0.1, -0.05) is 47.2 Å². The third kappa shape index (κ3) is 3.76. The van der Waals surface area contributed by atoms with Gasteiger partial charge in [0.1, 0.15) is 6.54 Å². The molecule has 6 rings (SSSR count). The molecule has 7 heteroatoms. The minimum Gasteiger partial charge on any atom is -0.325 e. The van der Waals surface area contributed by atoms with Crippen molar-refractivity contribution in [3.05, 3.63) is 79.2 Å². The Kier molecular flexibility index (Phi) is 5.43. The van der Waals surface area contributed by atoms with Gasteiger partial charge < -0.3 is 5.32 Å². The molecule has 0 spiro atoms. The second-order valence-electron chi connectivity index (χ2n) is 9.56. The molecule has 2 saturated carbocycles. The number of amides is 1. The first-order valence-corrected chi connectivity index (χ1v) is 13.6. The van der Waals surface area contributed by atoms with Crippen molar-refractivity contribution in [1.82, 2.24) is 4.57 Å². The number of halogens is 1. The van der Waals surface area contributed by atoms with Gasteiger partial charge in [0.2, 0.25) is 5.91 Å². The number of nitrogens with one attached hydrogen (secondary N) is 1. The van der Waals surface area contributed by atoms with Crippen molar-refractivity contribution in [3.63, 3.8) is 0 Å². The fourth-order valence-electron chi connectivity index (χ4n) is 6.20. The van der Waals surface area contributed by atoms with E-state index < -0.39 is 0 Å². The summed E-state index contributed by atoms with van der Waals surface area (Å²) in [5.41, 5.74) is 3.08. The smallest absolute Gasteiger partial charge is 0.308 e. The molecule has 3 aliphatic rings. The van der Waals surface area contributed by atoms with Gasteiger partial charge in [-0.3, -0.25) is 14.2 Å². The Balaban J connectivity index is 1.37. The molecule has 5 atom stereocenters. The van der Waals surface area contributed by atoms with E-state index in [-0.39, 0.29) is 23.2 Å². The zero-order valence-corrected chi connectivity index (χ0v) is 20.7. The molecule has 33 heavy (non-hydrogen) atoms. The van der Waals surface area contributed by atoms with Gasteiger partial charge in [-0.2, -0.15) is 0 Å². The lowest BCUT2D eigenvalue weighted by Gasteiger charge is -2.40. The Hall–Kier alpha value is -2.02. The number of carbonyl (C=O) groups is 1. The van der Waals surface area contributed by atoms with Gasteiger partial charge in [0, 0.05) is 26.8 Å². The molecule has 1 amide bonds. The zero-order valence-electron chi connectivity index (χ0n) is 18.3. The van der Waals surface area contributed by atoms with Crippen LogP contribution in [-0.4, -0.2) is 15.7 Å². The van der Waals surface area contributed by atoms with Crippen LogP contribution in [0.25, 0.3) is 0 Å². The van der Waals surface area contributed by atoms with Crippen molar-refractivity contribution < 1.29 is 4.79 Å². The van der Waals surface area contributed by atoms with E-state index in [0.717, 1.165) is 32.1 Å². The first kappa shape index (κ1) is 21.5. The van der Waals surface area contributed by atoms with E-state index in [4.69, 9.17) is 11.6 Å². The molecule has 2 bridgehead atoms. The van der Waals surface area contributed by atoms with Gasteiger partial charge >= 0.3 is 4.87 Å². The Bertz CT molecular complexity index is 1280. The molecule has 0 saturated heterocycles. The summed E-state index contributed by atoms with van der Waals surface area (Å²) in [5.74, 6) is 2.02. The molecule has 3 aromatic rings. The highest BCUT2D eigenvalue weighted by molar-refractivity contribution is 8.00. The number of aromatic nitrogens is 1. The maximum Gasteiger partial charge on any atom is 0.308 e. The fourth-order valence-corrected chi connectivity index (χ4v) is 9.47. The molecule has 4 nitrogen and oxygen atoms in total. The lowest BCUT2D eigenvalue weighted by atomic mass is 9.75. The molecular weight excluding hydrogens is 472 g/mol. The van der Waals surface area contributed by atoms with Crippen LogP contribution in [0.4, 0.5) is 5.69 Å². The van der Waals surface area contributed by atoms with Crippen molar-refractivity contribution in [2.24, 2.45) is 17.8 Å². The predicted molar refractivity (Wildman–Crippen MR) is 136 cm³/mol. The Morgan fingerprint density at radius 1 is 1.15 bits per heavy atom. The monoisotopic (exact) mass is 496 g/mol. The van der Waals surface area contributed by atoms with Crippen LogP contribution in [0.1, 0.15) is 41.2 Å². The van der Waals surface area contributed by atoms with Crippen molar-refractivity contribution >= 4 is 46.3 Å². The van der Waals surface area contributed by atoms with Gasteiger partial charge in [0.15, 0.2) is 0 Å². The molecule has 1 N–H and O–H groups in total. The van der Waals surface area contributed by atoms with Gasteiger partial charge in [-0.05, 0) is 79.3 Å². The minimum atomic E-state index is -0.165. The van der Waals surface area contributed by atoms with Crippen LogP contribution in [0.2, 0.25) is 5.02 Å². The van der Waals surface area contributed by atoms with Crippen LogP contribution in [0, 0.1) is 24.7 Å². The molecule has 170 valence electrons. The summed E-state index contributed by atoms with van der Waals surface area (Å²) < 4.78 is 1.71. The van der Waals surface area contributed by atoms with E-state index in [9.17, 15) is 9.59 Å². The maximum atomic E-state index is 13.1. The number of thiazole rings is 1. The van der Waals surface area contributed by atoms with Gasteiger partial charge in [-0.15, -0.1) is 11.8 Å². The maximum absolute atomic E-state index is 13.1. The minimum absolute atomic E-state index is 0.0434. The summed E-state index contributed by atoms with van der Waals surface area (Å²) in [6.45, 7) is 2.04. The van der Waals surface area contributed by atoms with Gasteiger partial charge in [0.05, 0.1) is 5.03 Å². The van der Waals surface area contributed by atoms with Crippen LogP contribution < -0.4 is 10.2 Å². The highest BCUT2D eigenvalue weighted by Crippen LogP contribution is 2.64. The molecule has 1 aromatic heterocycles. The second kappa shape index (κ2) is 8.33. The SMILES string of the molecule is Cc1cccc(NC(=O)Cn2c3c(sc2=O)[C@@H](c2ccc(Cl)cc2)[C@H]2[C@@H]4CC[C@@H](C4)[C@@H]2S3)c1. The lowest BCUT2D eigenvalue weighted by Crippen LogP contribution is -2.34. The van der Waals surface area contributed by atoms with E-state index in [1.54, 1.807) is 4.57 Å². The summed E-state index contributed by atoms with van der Waals surface area (Å²) in [6, 6.07) is 15.9. The highest BCUT2D eigenvalue weighted by atomic mass is 35.5. The van der Waals surface area contributed by atoms with E-state index in [1.807, 2.05) is 55.1 Å². The number of aryl methyl sites for hydroxylation is 1. The number of benzene rings is 2. The highest BCUT2D eigenvalue weighted by Gasteiger charge is 2.55. The first-order valence-electron chi connectivity index (χ1n) is 11.5. The Morgan fingerprint density at radius 3 is 2.73 bits per heavy atom. The van der Waals surface area contributed by atoms with Gasteiger partial charge in [-0.25, -0.2) is 0 Å². The number of anilines is 1. The number of thioether (sulfide) groups is 1. The number of carbonyl (C=O) groups excluding carboxylic acids is 1. The van der Waals surface area contributed by atoms with Crippen molar-refractivity contribution in [2.75, 3.05) is 5.32 Å². The number of hydrogen-bond acceptors (Lipinski definition) is 4. The summed E-state index contributed by atoms with van der Waals surface area (Å²) in [6.07, 6.45) is 3.86. The number of rotatable bonds is 4. The van der Waals surface area contributed by atoms with Crippen LogP contribution in [0.5, 0.6) is 0 Å². The van der Waals surface area contributed by atoms with Gasteiger partial charge in [0.25, 0.3) is 0 Å². The standard InChI is InChI=1S/C26H25ClN2O2S2/c1-14-3-2-4-19(11-14)28-20(30)13-29-25-24(33-26(29)31)21(15-7-9-18(27)10-8-15)22-16-5-6-17(12-16)23(22)32-25/h2-4,7-11,16-17,21-23H,5-6,12-13H2,1H3,(H,28,30)/t16-,17+,21+,22-,23+/m1/s1. The average molecular weight is 497 g/mol. The molecule has 2 aromatic carbocycles. The quantitative estimate of drug-likeness (QED) is 0.470. The third-order valence-electron chi connectivity index (χ3n) is 7.52. The molecule has 2 fully saturated rings. The van der Waals surface area contributed by atoms with Crippen molar-refractivity contribution in [2.45, 2.75) is 48.9 Å². The molecular formula is C26H25ClN2O2S2. The average Bonchev–Trinajstić information content (AvgIpc) is 3.48. The summed E-state index contributed by atoms with van der Waals surface area (Å²) in [4.78, 5) is 27.1. The lowest BCUT2D eigenvalue weighted by molar-refractivity contribution is -0.116. The predicted octanol–water partition coefficient (Wildman–Crippen LogP) is 6.16. The molecule has 2 aliphatic carbocycles. The zero-order chi connectivity index (χ0) is 22.7. The third-order valence-corrected chi connectivity index (χ3v) is 10.6. The molecule has 1 aliphatic heterocycles. The van der Waals surface area contributed by atoms with Crippen LogP contribution in [0.3, 0.4) is 0 Å². The largest absolute Gasteiger partial charge is 0.325 e. The number of fused-ring (bicyclic) bond motifs is 6. The normalized spacial score (nSPS) is 27.3. The molecule has 0 radical (unpaired) electrons. The number of nitrogens with zero attached hydrogens (tertiary/aromatic N) is 1. The van der Waals surface area contributed by atoms with E-state index in [1.165, 1.54) is 36.2 Å². The van der Waals surface area contributed by atoms with E-state index in [2.05, 4.69) is 17.4 Å². The Morgan fingerprint density at radius 2 is 1.94 bits per heavy atom. The number of hydrogen-bond donors (Lipinski definition) is 1. The van der Waals surface area contributed by atoms with E-state index in [0.29, 0.717) is 17.1 Å². The first-order chi connectivity index (χ1) is 16.0. The van der Waals surface area contributed by atoms with Crippen molar-refractivity contribution in [1.29, 1.82) is 0 Å². The van der Waals surface area contributed by atoms with Crippen LogP contribution in [-0.2, 0) is 11.3 Å². The summed E-state index contributed by atoms with van der Waals surface area (Å²) in [7, 11) is 0. The topological polar surface area (TPSA) is 51.1 Å². The second-order valence-corrected chi connectivity index (χ2v) is 12.2.